The van der Waals surface area contributed by atoms with Gasteiger partial charge in [-0.15, -0.1) is 0 Å². The topological polar surface area (TPSA) is 71.0 Å². The first kappa shape index (κ1) is 31.0. The first-order valence-electron chi connectivity index (χ1n) is 13.9. The molecule has 1 aliphatic carbocycles. The number of hydrogen-bond donors (Lipinski definition) is 2. The zero-order valence-electron chi connectivity index (χ0n) is 23.1. The van der Waals surface area contributed by atoms with E-state index in [0.717, 1.165) is 35.1 Å². The van der Waals surface area contributed by atoms with Crippen LogP contribution in [0.4, 0.5) is 0 Å². The van der Waals surface area contributed by atoms with E-state index in [1.54, 1.807) is 18.2 Å². The molecule has 222 valence electrons. The number of aliphatic hydroxyl groups is 1. The van der Waals surface area contributed by atoms with Gasteiger partial charge in [0.2, 0.25) is 0 Å². The monoisotopic (exact) mass is 648 g/mol. The Morgan fingerprint density at radius 3 is 2.33 bits per heavy atom. The summed E-state index contributed by atoms with van der Waals surface area (Å²) in [5.74, 6) is 1.01. The maximum atomic E-state index is 14.1. The molecule has 1 saturated carbocycles. The van der Waals surface area contributed by atoms with E-state index < -0.39 is 6.04 Å². The van der Waals surface area contributed by atoms with Gasteiger partial charge in [-0.2, -0.15) is 0 Å². The Morgan fingerprint density at radius 1 is 0.976 bits per heavy atom. The summed E-state index contributed by atoms with van der Waals surface area (Å²) >= 11 is 25.2. The molecule has 0 spiro atoms. The lowest BCUT2D eigenvalue weighted by atomic mass is 9.88. The van der Waals surface area contributed by atoms with Gasteiger partial charge in [-0.25, -0.2) is 0 Å². The predicted octanol–water partition coefficient (Wildman–Crippen LogP) is 7.37. The number of nitrogens with zero attached hydrogens (tertiary/aromatic N) is 1. The third kappa shape index (κ3) is 7.19. The second-order valence-electron chi connectivity index (χ2n) is 10.5. The fourth-order valence-corrected chi connectivity index (χ4v) is 6.28. The van der Waals surface area contributed by atoms with E-state index in [0.29, 0.717) is 63.3 Å². The molecule has 0 saturated heterocycles. The standard InChI is InChI=1S/C32H32Cl4N2O4/c1-19-15-26(34)31(27(35)16-19)42-14-13-41-23-9-5-20(6-10-23)24-11-12-37-28(18-39)29(24)32(40)38(22-7-8-22)17-21-3-2-4-25(33)30(21)36/h2-6,9-10,15-16,22,28,37,39H,7-8,11-14,17-18H2,1H3/t28-/m1/s1. The van der Waals surface area contributed by atoms with E-state index in [4.69, 9.17) is 55.9 Å². The molecular formula is C32H32Cl4N2O4. The van der Waals surface area contributed by atoms with Crippen LogP contribution in [0.1, 0.15) is 36.0 Å². The van der Waals surface area contributed by atoms with Gasteiger partial charge >= 0.3 is 0 Å². The van der Waals surface area contributed by atoms with Crippen molar-refractivity contribution >= 4 is 57.9 Å². The zero-order chi connectivity index (χ0) is 29.8. The summed E-state index contributed by atoms with van der Waals surface area (Å²) in [5.41, 5.74) is 4.17. The van der Waals surface area contributed by atoms with Gasteiger partial charge in [0.25, 0.3) is 5.91 Å². The second kappa shape index (κ2) is 13.9. The Bertz CT molecular complexity index is 1450. The average Bonchev–Trinajstić information content (AvgIpc) is 3.82. The molecule has 5 rings (SSSR count). The molecule has 0 unspecified atom stereocenters. The van der Waals surface area contributed by atoms with Crippen molar-refractivity contribution in [2.45, 2.75) is 44.8 Å². The van der Waals surface area contributed by atoms with Crippen LogP contribution in [0, 0.1) is 6.92 Å². The summed E-state index contributed by atoms with van der Waals surface area (Å²) < 4.78 is 11.6. The highest BCUT2D eigenvalue weighted by molar-refractivity contribution is 6.42. The quantitative estimate of drug-likeness (QED) is 0.212. The lowest BCUT2D eigenvalue weighted by Gasteiger charge is -2.33. The van der Waals surface area contributed by atoms with Gasteiger partial charge < -0.3 is 24.8 Å². The Balaban J connectivity index is 1.31. The number of carbonyl (C=O) groups excluding carboxylic acids is 1. The molecule has 0 radical (unpaired) electrons. The van der Waals surface area contributed by atoms with E-state index in [9.17, 15) is 9.90 Å². The van der Waals surface area contributed by atoms with Crippen molar-refractivity contribution in [2.24, 2.45) is 0 Å². The van der Waals surface area contributed by atoms with Crippen molar-refractivity contribution < 1.29 is 19.4 Å². The van der Waals surface area contributed by atoms with Crippen molar-refractivity contribution in [1.82, 2.24) is 10.2 Å². The molecule has 2 N–H and O–H groups in total. The molecule has 0 bridgehead atoms. The van der Waals surface area contributed by atoms with E-state index in [2.05, 4.69) is 5.32 Å². The molecule has 6 nitrogen and oxygen atoms in total. The maximum absolute atomic E-state index is 14.1. The van der Waals surface area contributed by atoms with E-state index in [-0.39, 0.29) is 25.2 Å². The first-order valence-corrected chi connectivity index (χ1v) is 15.4. The fraction of sp³-hybridized carbons (Fsp3) is 0.344. The van der Waals surface area contributed by atoms with Gasteiger partial charge in [0.15, 0.2) is 5.75 Å². The van der Waals surface area contributed by atoms with Crippen LogP contribution in [0.15, 0.2) is 60.2 Å². The molecular weight excluding hydrogens is 618 g/mol. The van der Waals surface area contributed by atoms with Crippen LogP contribution in [-0.4, -0.2) is 54.4 Å². The lowest BCUT2D eigenvalue weighted by molar-refractivity contribution is -0.128. The predicted molar refractivity (Wildman–Crippen MR) is 169 cm³/mol. The number of aryl methyl sites for hydroxylation is 1. The van der Waals surface area contributed by atoms with Crippen LogP contribution in [0.25, 0.3) is 5.57 Å². The molecule has 0 aromatic heterocycles. The SMILES string of the molecule is Cc1cc(Cl)c(OCCOc2ccc(C3=C(C(=O)N(Cc4cccc(Cl)c4Cl)C4CC4)[C@@H](CO)NCC3)cc2)c(Cl)c1. The number of ether oxygens (including phenoxy) is 2. The molecule has 1 aliphatic heterocycles. The molecule has 1 heterocycles. The summed E-state index contributed by atoms with van der Waals surface area (Å²) in [6.07, 6.45) is 2.52. The largest absolute Gasteiger partial charge is 0.490 e. The van der Waals surface area contributed by atoms with E-state index in [1.165, 1.54) is 0 Å². The maximum Gasteiger partial charge on any atom is 0.252 e. The van der Waals surface area contributed by atoms with Crippen molar-refractivity contribution in [1.29, 1.82) is 0 Å². The van der Waals surface area contributed by atoms with Crippen LogP contribution in [-0.2, 0) is 11.3 Å². The smallest absolute Gasteiger partial charge is 0.252 e. The van der Waals surface area contributed by atoms with Gasteiger partial charge in [0.05, 0.1) is 32.7 Å². The molecule has 42 heavy (non-hydrogen) atoms. The number of rotatable bonds is 11. The highest BCUT2D eigenvalue weighted by Crippen LogP contribution is 2.37. The van der Waals surface area contributed by atoms with Crippen LogP contribution < -0.4 is 14.8 Å². The Kier molecular flexibility index (Phi) is 10.3. The van der Waals surface area contributed by atoms with Crippen LogP contribution >= 0.6 is 46.4 Å². The highest BCUT2D eigenvalue weighted by Gasteiger charge is 2.38. The van der Waals surface area contributed by atoms with Gasteiger partial charge in [0, 0.05) is 18.2 Å². The summed E-state index contributed by atoms with van der Waals surface area (Å²) in [7, 11) is 0. The number of benzene rings is 3. The van der Waals surface area contributed by atoms with E-state index in [1.807, 2.05) is 48.2 Å². The zero-order valence-corrected chi connectivity index (χ0v) is 26.2. The van der Waals surface area contributed by atoms with Gasteiger partial charge in [0.1, 0.15) is 19.0 Å². The summed E-state index contributed by atoms with van der Waals surface area (Å²) in [5, 5.41) is 15.4. The van der Waals surface area contributed by atoms with Gasteiger partial charge in [-0.1, -0.05) is 70.7 Å². The van der Waals surface area contributed by atoms with Gasteiger partial charge in [-0.3, -0.25) is 4.79 Å². The molecule has 2 aliphatic rings. The minimum Gasteiger partial charge on any atom is -0.490 e. The molecule has 1 atom stereocenters. The number of amides is 1. The highest BCUT2D eigenvalue weighted by atomic mass is 35.5. The van der Waals surface area contributed by atoms with Gasteiger partial charge in [-0.05, 0) is 85.3 Å². The molecule has 1 amide bonds. The summed E-state index contributed by atoms with van der Waals surface area (Å²) in [6, 6.07) is 16.4. The lowest BCUT2D eigenvalue weighted by Crippen LogP contribution is -2.46. The average molecular weight is 650 g/mol. The Labute approximate surface area is 266 Å². The van der Waals surface area contributed by atoms with Crippen LogP contribution in [0.5, 0.6) is 11.5 Å². The number of halogens is 4. The Morgan fingerprint density at radius 2 is 1.67 bits per heavy atom. The van der Waals surface area contributed by atoms with Crippen molar-refractivity contribution in [3.8, 4) is 11.5 Å². The third-order valence-electron chi connectivity index (χ3n) is 7.42. The van der Waals surface area contributed by atoms with Crippen molar-refractivity contribution in [3.63, 3.8) is 0 Å². The molecule has 10 heteroatoms. The normalized spacial score (nSPS) is 16.9. The van der Waals surface area contributed by atoms with Crippen LogP contribution in [0.2, 0.25) is 20.1 Å². The first-order chi connectivity index (χ1) is 20.3. The second-order valence-corrected chi connectivity index (χ2v) is 12.1. The van der Waals surface area contributed by atoms with Crippen molar-refractivity contribution in [3.05, 3.63) is 97.0 Å². The number of aliphatic hydroxyl groups excluding tert-OH is 1. The number of carbonyl (C=O) groups is 1. The van der Waals surface area contributed by atoms with Crippen molar-refractivity contribution in [2.75, 3.05) is 26.4 Å². The summed E-state index contributed by atoms with van der Waals surface area (Å²) in [6.45, 7) is 3.30. The summed E-state index contributed by atoms with van der Waals surface area (Å²) in [4.78, 5) is 16.0. The molecule has 3 aromatic carbocycles. The minimum absolute atomic E-state index is 0.0966. The molecule has 1 fully saturated rings. The fourth-order valence-electron chi connectivity index (χ4n) is 5.19. The number of hydrogen-bond acceptors (Lipinski definition) is 5. The third-order valence-corrected chi connectivity index (χ3v) is 8.84. The van der Waals surface area contributed by atoms with Crippen LogP contribution in [0.3, 0.4) is 0 Å². The Hall–Kier alpha value is -2.45. The molecule has 3 aromatic rings. The number of nitrogens with one attached hydrogen (secondary N) is 1. The minimum atomic E-state index is -0.467. The van der Waals surface area contributed by atoms with E-state index >= 15 is 0 Å².